The van der Waals surface area contributed by atoms with Crippen molar-refractivity contribution in [1.82, 2.24) is 15.5 Å². The van der Waals surface area contributed by atoms with Gasteiger partial charge in [-0.05, 0) is 52.4 Å². The monoisotopic (exact) mass is 512 g/mol. The Balaban J connectivity index is 0.00000364. The van der Waals surface area contributed by atoms with Gasteiger partial charge in [0.05, 0.1) is 0 Å². The minimum absolute atomic E-state index is 0. The van der Waals surface area contributed by atoms with Crippen LogP contribution in [0.1, 0.15) is 65.7 Å². The number of piperidine rings is 1. The summed E-state index contributed by atoms with van der Waals surface area (Å²) >= 11 is 0. The van der Waals surface area contributed by atoms with Gasteiger partial charge >= 0.3 is 0 Å². The lowest BCUT2D eigenvalue weighted by Gasteiger charge is -2.36. The molecule has 160 valence electrons. The van der Waals surface area contributed by atoms with E-state index in [0.29, 0.717) is 18.3 Å². The fourth-order valence-corrected chi connectivity index (χ4v) is 4.85. The van der Waals surface area contributed by atoms with Gasteiger partial charge in [0.15, 0.2) is 5.96 Å². The highest BCUT2D eigenvalue weighted by molar-refractivity contribution is 14.0. The third kappa shape index (κ3) is 9.43. The Hall–Kier alpha value is 0.110. The predicted molar refractivity (Wildman–Crippen MR) is 129 cm³/mol. The van der Waals surface area contributed by atoms with Crippen molar-refractivity contribution >= 4 is 40.7 Å². The first kappa shape index (κ1) is 25.1. The van der Waals surface area contributed by atoms with Crippen LogP contribution in [0.25, 0.3) is 0 Å². The van der Waals surface area contributed by atoms with Gasteiger partial charge < -0.3 is 15.5 Å². The summed E-state index contributed by atoms with van der Waals surface area (Å²) in [6, 6.07) is 0.497. The molecule has 2 aliphatic rings. The first-order chi connectivity index (χ1) is 12.4. The molecule has 0 radical (unpaired) electrons. The molecule has 2 rings (SSSR count). The normalized spacial score (nSPS) is 22.1. The molecule has 0 amide bonds. The third-order valence-corrected chi connectivity index (χ3v) is 7.60. The van der Waals surface area contributed by atoms with Gasteiger partial charge in [0.25, 0.3) is 0 Å². The van der Waals surface area contributed by atoms with E-state index >= 15 is 0 Å². The summed E-state index contributed by atoms with van der Waals surface area (Å²) in [4.78, 5) is 7.00. The smallest absolute Gasteiger partial charge is 0.191 e. The molecule has 1 unspecified atom stereocenters. The minimum atomic E-state index is -0.823. The molecule has 0 spiro atoms. The molecule has 2 N–H and O–H groups in total. The Morgan fingerprint density at radius 1 is 1.11 bits per heavy atom. The Kier molecular flexibility index (Phi) is 11.8. The highest BCUT2D eigenvalue weighted by Crippen LogP contribution is 2.25. The SMILES string of the molecule is CN=C(NCCS(=O)C(C)(C)C)NC1CCN(CC2CCCCC2)CC1.I. The van der Waals surface area contributed by atoms with Crippen molar-refractivity contribution in [1.29, 1.82) is 0 Å². The second kappa shape index (κ2) is 12.6. The molecule has 0 aromatic rings. The molecule has 1 heterocycles. The van der Waals surface area contributed by atoms with Gasteiger partial charge in [0, 0.05) is 60.6 Å². The van der Waals surface area contributed by atoms with Gasteiger partial charge in [-0.25, -0.2) is 0 Å². The summed E-state index contributed by atoms with van der Waals surface area (Å²) in [5, 5.41) is 6.88. The molecule has 27 heavy (non-hydrogen) atoms. The van der Waals surface area contributed by atoms with Crippen LogP contribution >= 0.6 is 24.0 Å². The van der Waals surface area contributed by atoms with Gasteiger partial charge in [-0.15, -0.1) is 24.0 Å². The van der Waals surface area contributed by atoms with Crippen molar-refractivity contribution in [3.05, 3.63) is 0 Å². The maximum Gasteiger partial charge on any atom is 0.191 e. The molecule has 1 saturated heterocycles. The van der Waals surface area contributed by atoms with E-state index < -0.39 is 10.8 Å². The zero-order valence-corrected chi connectivity index (χ0v) is 20.9. The van der Waals surface area contributed by atoms with E-state index in [0.717, 1.165) is 11.9 Å². The molecule has 0 bridgehead atoms. The number of halogens is 1. The number of nitrogens with zero attached hydrogens (tertiary/aromatic N) is 2. The quantitative estimate of drug-likeness (QED) is 0.326. The van der Waals surface area contributed by atoms with E-state index in [1.807, 2.05) is 27.8 Å². The topological polar surface area (TPSA) is 56.7 Å². The Labute approximate surface area is 186 Å². The molecular formula is C20H41IN4OS. The number of hydrogen-bond acceptors (Lipinski definition) is 3. The number of aliphatic imine (C=N–C) groups is 1. The summed E-state index contributed by atoms with van der Waals surface area (Å²) < 4.78 is 12.0. The molecule has 1 aliphatic carbocycles. The molecule has 1 saturated carbocycles. The van der Waals surface area contributed by atoms with Crippen LogP contribution in [0.15, 0.2) is 4.99 Å². The Morgan fingerprint density at radius 3 is 2.30 bits per heavy atom. The van der Waals surface area contributed by atoms with Gasteiger partial charge in [-0.1, -0.05) is 19.3 Å². The Morgan fingerprint density at radius 2 is 1.74 bits per heavy atom. The molecule has 0 aromatic carbocycles. The first-order valence-electron chi connectivity index (χ1n) is 10.5. The van der Waals surface area contributed by atoms with E-state index in [1.54, 1.807) is 0 Å². The number of guanidine groups is 1. The molecule has 1 aliphatic heterocycles. The van der Waals surface area contributed by atoms with Gasteiger partial charge in [-0.3, -0.25) is 9.20 Å². The maximum absolute atomic E-state index is 12.1. The molecule has 0 aromatic heterocycles. The summed E-state index contributed by atoms with van der Waals surface area (Å²) in [6.45, 7) is 10.5. The highest BCUT2D eigenvalue weighted by Gasteiger charge is 2.23. The number of nitrogens with one attached hydrogen (secondary N) is 2. The average Bonchev–Trinajstić information content (AvgIpc) is 2.62. The maximum atomic E-state index is 12.1. The lowest BCUT2D eigenvalue weighted by atomic mass is 9.88. The van der Waals surface area contributed by atoms with Crippen molar-refractivity contribution in [2.45, 2.75) is 76.5 Å². The molecule has 2 fully saturated rings. The second-order valence-corrected chi connectivity index (χ2v) is 11.2. The lowest BCUT2D eigenvalue weighted by Crippen LogP contribution is -2.50. The van der Waals surface area contributed by atoms with Gasteiger partial charge in [0.2, 0.25) is 0 Å². The summed E-state index contributed by atoms with van der Waals surface area (Å²) in [5.41, 5.74) is 0. The summed E-state index contributed by atoms with van der Waals surface area (Å²) in [7, 11) is 0.991. The predicted octanol–water partition coefficient (Wildman–Crippen LogP) is 3.36. The largest absolute Gasteiger partial charge is 0.355 e. The van der Waals surface area contributed by atoms with E-state index in [2.05, 4.69) is 20.5 Å². The first-order valence-corrected chi connectivity index (χ1v) is 11.8. The second-order valence-electron chi connectivity index (χ2n) is 8.88. The number of hydrogen-bond donors (Lipinski definition) is 2. The summed E-state index contributed by atoms with van der Waals surface area (Å²) in [5.74, 6) is 2.44. The fourth-order valence-electron chi connectivity index (χ4n) is 3.95. The van der Waals surface area contributed by atoms with Crippen LogP contribution in [0.3, 0.4) is 0 Å². The highest BCUT2D eigenvalue weighted by atomic mass is 127. The van der Waals surface area contributed by atoms with Crippen molar-refractivity contribution in [3.63, 3.8) is 0 Å². The molecule has 5 nitrogen and oxygen atoms in total. The van der Waals surface area contributed by atoms with Crippen LogP contribution in [-0.2, 0) is 10.8 Å². The molecular weight excluding hydrogens is 471 g/mol. The zero-order valence-electron chi connectivity index (χ0n) is 17.8. The lowest BCUT2D eigenvalue weighted by molar-refractivity contribution is 0.160. The summed E-state index contributed by atoms with van der Waals surface area (Å²) in [6.07, 6.45) is 9.55. The van der Waals surface area contributed by atoms with Crippen LogP contribution in [-0.4, -0.2) is 64.8 Å². The molecule has 7 heteroatoms. The van der Waals surface area contributed by atoms with Crippen LogP contribution in [0.2, 0.25) is 0 Å². The van der Waals surface area contributed by atoms with E-state index in [4.69, 9.17) is 0 Å². The molecule has 1 atom stereocenters. The fraction of sp³-hybridized carbons (Fsp3) is 0.950. The third-order valence-electron chi connectivity index (χ3n) is 5.66. The number of rotatable bonds is 6. The zero-order chi connectivity index (χ0) is 19.0. The number of likely N-dealkylation sites (tertiary alicyclic amines) is 1. The Bertz CT molecular complexity index is 467. The standard InChI is InChI=1S/C20H40N4OS.HI/c1-20(2,3)26(25)15-12-22-19(21-4)23-18-10-13-24(14-11-18)16-17-8-6-5-7-9-17;/h17-18H,5-16H2,1-4H3,(H2,21,22,23);1H. The van der Waals surface area contributed by atoms with Crippen molar-refractivity contribution in [3.8, 4) is 0 Å². The van der Waals surface area contributed by atoms with Crippen LogP contribution in [0.5, 0.6) is 0 Å². The van der Waals surface area contributed by atoms with E-state index in [9.17, 15) is 4.21 Å². The van der Waals surface area contributed by atoms with Gasteiger partial charge in [-0.2, -0.15) is 0 Å². The average molecular weight is 513 g/mol. The van der Waals surface area contributed by atoms with Crippen molar-refractivity contribution in [2.75, 3.05) is 39.0 Å². The van der Waals surface area contributed by atoms with Crippen molar-refractivity contribution in [2.24, 2.45) is 10.9 Å². The van der Waals surface area contributed by atoms with Gasteiger partial charge in [0.1, 0.15) is 0 Å². The van der Waals surface area contributed by atoms with Crippen molar-refractivity contribution < 1.29 is 4.21 Å². The van der Waals surface area contributed by atoms with E-state index in [-0.39, 0.29) is 28.7 Å². The van der Waals surface area contributed by atoms with E-state index in [1.165, 1.54) is 64.6 Å². The van der Waals surface area contributed by atoms with Crippen LogP contribution in [0.4, 0.5) is 0 Å². The minimum Gasteiger partial charge on any atom is -0.355 e. The van der Waals surface area contributed by atoms with Crippen LogP contribution < -0.4 is 10.6 Å². The van der Waals surface area contributed by atoms with Crippen LogP contribution in [0, 0.1) is 5.92 Å².